The third kappa shape index (κ3) is 36.0. The first-order valence-corrected chi connectivity index (χ1v) is 8.12. The number of unbranched alkanes of at least 4 members (excludes halogenated alkanes) is 9. The number of hydrogen-bond acceptors (Lipinski definition) is 3. The standard InChI is InChI=1S/C12H26O.H2O4S/c1-2-3-4-5-6-7-8-9-10-11-12-13;1-5(2,3)4/h13H,2-12H2,1H3;(H2,1,2,3,4). The van der Waals surface area contributed by atoms with Crippen molar-refractivity contribution in [3.05, 3.63) is 0 Å². The molecule has 6 heteroatoms. The molecule has 0 aliphatic carbocycles. The molecule has 0 aromatic heterocycles. The Balaban J connectivity index is 0. The molecular weight excluding hydrogens is 256 g/mol. The summed E-state index contributed by atoms with van der Waals surface area (Å²) in [6.07, 6.45) is 13.3. The van der Waals surface area contributed by atoms with E-state index in [1.165, 1.54) is 57.8 Å². The molecule has 0 saturated carbocycles. The molecule has 0 radical (unpaired) electrons. The molecular formula is C12H28O5S. The quantitative estimate of drug-likeness (QED) is 0.423. The van der Waals surface area contributed by atoms with Gasteiger partial charge in [0.15, 0.2) is 0 Å². The van der Waals surface area contributed by atoms with Crippen molar-refractivity contribution < 1.29 is 22.6 Å². The van der Waals surface area contributed by atoms with Gasteiger partial charge in [0.2, 0.25) is 0 Å². The van der Waals surface area contributed by atoms with E-state index in [0.29, 0.717) is 6.61 Å². The van der Waals surface area contributed by atoms with Gasteiger partial charge < -0.3 is 5.11 Å². The predicted molar refractivity (Wildman–Crippen MR) is 73.1 cm³/mol. The number of aliphatic hydroxyl groups is 1. The van der Waals surface area contributed by atoms with Gasteiger partial charge in [-0.25, -0.2) is 0 Å². The van der Waals surface area contributed by atoms with Crippen molar-refractivity contribution in [1.29, 1.82) is 0 Å². The minimum absolute atomic E-state index is 0.372. The second-order valence-electron chi connectivity index (χ2n) is 4.35. The molecule has 112 valence electrons. The molecule has 0 spiro atoms. The lowest BCUT2D eigenvalue weighted by Gasteiger charge is -2.00. The van der Waals surface area contributed by atoms with Gasteiger partial charge in [0, 0.05) is 6.61 Å². The van der Waals surface area contributed by atoms with Crippen LogP contribution >= 0.6 is 0 Å². The molecule has 3 N–H and O–H groups in total. The Kier molecular flexibility index (Phi) is 16.7. The molecule has 0 aliphatic rings. The average Bonchev–Trinajstić information content (AvgIpc) is 2.25. The summed E-state index contributed by atoms with van der Waals surface area (Å²) in [6.45, 7) is 2.63. The predicted octanol–water partition coefficient (Wildman–Crippen LogP) is 3.25. The van der Waals surface area contributed by atoms with Crippen LogP contribution in [0.2, 0.25) is 0 Å². The first-order chi connectivity index (χ1) is 8.41. The number of rotatable bonds is 10. The fourth-order valence-corrected chi connectivity index (χ4v) is 1.60. The Morgan fingerprint density at radius 1 is 0.722 bits per heavy atom. The maximum Gasteiger partial charge on any atom is 0.394 e. The van der Waals surface area contributed by atoms with Gasteiger partial charge >= 0.3 is 10.4 Å². The molecule has 0 aromatic rings. The second-order valence-corrected chi connectivity index (χ2v) is 5.25. The van der Waals surface area contributed by atoms with E-state index < -0.39 is 10.4 Å². The first-order valence-electron chi connectivity index (χ1n) is 6.72. The lowest BCUT2D eigenvalue weighted by atomic mass is 10.1. The molecule has 0 rings (SSSR count). The molecule has 0 atom stereocenters. The van der Waals surface area contributed by atoms with Crippen LogP contribution in [-0.2, 0) is 10.4 Å². The van der Waals surface area contributed by atoms with Crippen molar-refractivity contribution >= 4 is 10.4 Å². The van der Waals surface area contributed by atoms with Gasteiger partial charge in [-0.1, -0.05) is 64.7 Å². The molecule has 0 unspecified atom stereocenters. The summed E-state index contributed by atoms with van der Waals surface area (Å²) < 4.78 is 31.6. The van der Waals surface area contributed by atoms with Crippen LogP contribution in [0.25, 0.3) is 0 Å². The molecule has 0 aromatic carbocycles. The monoisotopic (exact) mass is 284 g/mol. The third-order valence-electron chi connectivity index (χ3n) is 2.51. The molecule has 0 fully saturated rings. The van der Waals surface area contributed by atoms with Crippen molar-refractivity contribution in [2.75, 3.05) is 6.61 Å². The van der Waals surface area contributed by atoms with E-state index in [9.17, 15) is 0 Å². The Bertz CT molecular complexity index is 221. The molecule has 0 aliphatic heterocycles. The minimum atomic E-state index is -4.67. The van der Waals surface area contributed by atoms with E-state index in [0.717, 1.165) is 6.42 Å². The van der Waals surface area contributed by atoms with Gasteiger partial charge in [-0.2, -0.15) is 8.42 Å². The van der Waals surface area contributed by atoms with Crippen molar-refractivity contribution in [1.82, 2.24) is 0 Å². The van der Waals surface area contributed by atoms with Gasteiger partial charge in [0.05, 0.1) is 0 Å². The van der Waals surface area contributed by atoms with Gasteiger partial charge in [-0.3, -0.25) is 9.11 Å². The summed E-state index contributed by atoms with van der Waals surface area (Å²) in [5, 5.41) is 8.57. The smallest absolute Gasteiger partial charge is 0.394 e. The van der Waals surface area contributed by atoms with Crippen LogP contribution in [-0.4, -0.2) is 29.2 Å². The highest BCUT2D eigenvalue weighted by Crippen LogP contribution is 2.09. The molecule has 0 bridgehead atoms. The minimum Gasteiger partial charge on any atom is -0.396 e. The van der Waals surface area contributed by atoms with Gasteiger partial charge in [0.25, 0.3) is 0 Å². The highest BCUT2D eigenvalue weighted by molar-refractivity contribution is 7.79. The lowest BCUT2D eigenvalue weighted by Crippen LogP contribution is -1.89. The Morgan fingerprint density at radius 2 is 1.00 bits per heavy atom. The summed E-state index contributed by atoms with van der Waals surface area (Å²) in [4.78, 5) is 0. The van der Waals surface area contributed by atoms with Gasteiger partial charge in [-0.05, 0) is 6.42 Å². The maximum absolute atomic E-state index is 8.74. The van der Waals surface area contributed by atoms with Crippen LogP contribution in [0.5, 0.6) is 0 Å². The fourth-order valence-electron chi connectivity index (χ4n) is 1.60. The highest BCUT2D eigenvalue weighted by atomic mass is 32.3. The average molecular weight is 284 g/mol. The maximum atomic E-state index is 8.74. The van der Waals surface area contributed by atoms with Crippen molar-refractivity contribution in [3.63, 3.8) is 0 Å². The Labute approximate surface area is 111 Å². The Hall–Kier alpha value is -0.170. The highest BCUT2D eigenvalue weighted by Gasteiger charge is 1.91. The number of aliphatic hydroxyl groups excluding tert-OH is 1. The summed E-state index contributed by atoms with van der Waals surface area (Å²) in [5.41, 5.74) is 0. The van der Waals surface area contributed by atoms with Crippen molar-refractivity contribution in [2.24, 2.45) is 0 Å². The van der Waals surface area contributed by atoms with E-state index in [1.807, 2.05) is 0 Å². The molecule has 0 heterocycles. The largest absolute Gasteiger partial charge is 0.396 e. The normalized spacial score (nSPS) is 10.9. The second kappa shape index (κ2) is 14.9. The zero-order valence-corrected chi connectivity index (χ0v) is 12.2. The van der Waals surface area contributed by atoms with E-state index in [1.54, 1.807) is 0 Å². The zero-order valence-electron chi connectivity index (χ0n) is 11.3. The van der Waals surface area contributed by atoms with E-state index in [4.69, 9.17) is 22.6 Å². The van der Waals surface area contributed by atoms with Crippen LogP contribution < -0.4 is 0 Å². The molecule has 0 saturated heterocycles. The van der Waals surface area contributed by atoms with E-state index >= 15 is 0 Å². The van der Waals surface area contributed by atoms with Crippen LogP contribution in [0.1, 0.15) is 71.1 Å². The van der Waals surface area contributed by atoms with E-state index in [2.05, 4.69) is 6.92 Å². The third-order valence-corrected chi connectivity index (χ3v) is 2.51. The number of hydrogen-bond donors (Lipinski definition) is 3. The fraction of sp³-hybridized carbons (Fsp3) is 1.00. The first kappa shape index (κ1) is 20.2. The summed E-state index contributed by atoms with van der Waals surface area (Å²) in [7, 11) is -4.67. The van der Waals surface area contributed by atoms with Gasteiger partial charge in [-0.15, -0.1) is 0 Å². The topological polar surface area (TPSA) is 94.8 Å². The van der Waals surface area contributed by atoms with Crippen molar-refractivity contribution in [2.45, 2.75) is 71.1 Å². The summed E-state index contributed by atoms with van der Waals surface area (Å²) >= 11 is 0. The van der Waals surface area contributed by atoms with Crippen LogP contribution in [0, 0.1) is 0 Å². The van der Waals surface area contributed by atoms with Crippen molar-refractivity contribution in [3.8, 4) is 0 Å². The molecule has 18 heavy (non-hydrogen) atoms. The lowest BCUT2D eigenvalue weighted by molar-refractivity contribution is 0.282. The van der Waals surface area contributed by atoms with Crippen LogP contribution in [0.3, 0.4) is 0 Å². The van der Waals surface area contributed by atoms with E-state index in [-0.39, 0.29) is 0 Å². The Morgan fingerprint density at radius 3 is 1.28 bits per heavy atom. The van der Waals surface area contributed by atoms with Crippen LogP contribution in [0.4, 0.5) is 0 Å². The molecule has 0 amide bonds. The molecule has 5 nitrogen and oxygen atoms in total. The summed E-state index contributed by atoms with van der Waals surface area (Å²) in [6, 6.07) is 0. The zero-order chi connectivity index (χ0) is 14.3. The summed E-state index contributed by atoms with van der Waals surface area (Å²) in [5.74, 6) is 0. The SMILES string of the molecule is CCCCCCCCCCCCO.O=S(=O)(O)O. The van der Waals surface area contributed by atoms with Crippen LogP contribution in [0.15, 0.2) is 0 Å². The van der Waals surface area contributed by atoms with Gasteiger partial charge in [0.1, 0.15) is 0 Å².